The van der Waals surface area contributed by atoms with Crippen LogP contribution in [0.4, 0.5) is 11.4 Å². The van der Waals surface area contributed by atoms with Crippen molar-refractivity contribution >= 4 is 29.1 Å². The predicted octanol–water partition coefficient (Wildman–Crippen LogP) is 3.05. The molecule has 1 heterocycles. The molecule has 2 aromatic carbocycles. The van der Waals surface area contributed by atoms with Gasteiger partial charge in [-0.05, 0) is 30.5 Å². The van der Waals surface area contributed by atoms with E-state index in [0.29, 0.717) is 38.3 Å². The van der Waals surface area contributed by atoms with E-state index in [1.54, 1.807) is 17.0 Å². The lowest BCUT2D eigenvalue weighted by Crippen LogP contribution is -2.51. The highest BCUT2D eigenvalue weighted by atomic mass is 16.6. The molecule has 0 radical (unpaired) electrons. The summed E-state index contributed by atoms with van der Waals surface area (Å²) >= 11 is 0. The highest BCUT2D eigenvalue weighted by Gasteiger charge is 2.28. The van der Waals surface area contributed by atoms with E-state index in [4.69, 9.17) is 0 Å². The Labute approximate surface area is 222 Å². The number of hydrogen-bond acceptors (Lipinski definition) is 6. The first-order valence-corrected chi connectivity index (χ1v) is 13.3. The molecule has 2 aliphatic rings. The number of rotatable bonds is 8. The standard InChI is InChI=1S/C28H35N5O5/c1-20(34)31-14-16-32(17-15-31)25-13-12-22(19-26(25)33(37)38)27(35)30-24(18-21-8-4-2-5-9-21)28(36)29-23-10-6-3-7-11-23/h2,4-5,8-9,12-13,19,23-24H,3,6-7,10-11,14-18H2,1H3,(H,29,36)(H,30,35). The van der Waals surface area contributed by atoms with Gasteiger partial charge in [-0.3, -0.25) is 24.5 Å². The molecule has 202 valence electrons. The summed E-state index contributed by atoms with van der Waals surface area (Å²) in [6.45, 7) is 3.39. The van der Waals surface area contributed by atoms with Gasteiger partial charge in [0.05, 0.1) is 4.92 Å². The molecule has 1 aliphatic heterocycles. The van der Waals surface area contributed by atoms with Gasteiger partial charge in [-0.25, -0.2) is 0 Å². The minimum Gasteiger partial charge on any atom is -0.362 e. The van der Waals surface area contributed by atoms with E-state index in [2.05, 4.69) is 10.6 Å². The summed E-state index contributed by atoms with van der Waals surface area (Å²) in [5.41, 5.74) is 1.25. The number of benzene rings is 2. The van der Waals surface area contributed by atoms with E-state index >= 15 is 0 Å². The lowest BCUT2D eigenvalue weighted by atomic mass is 9.95. The van der Waals surface area contributed by atoms with Gasteiger partial charge in [-0.15, -0.1) is 0 Å². The maximum atomic E-state index is 13.3. The van der Waals surface area contributed by atoms with Crippen LogP contribution >= 0.6 is 0 Å². The number of anilines is 1. The molecule has 4 rings (SSSR count). The Balaban J connectivity index is 1.50. The van der Waals surface area contributed by atoms with E-state index in [9.17, 15) is 24.5 Å². The first-order chi connectivity index (χ1) is 18.3. The molecule has 1 saturated carbocycles. The Hall–Kier alpha value is -3.95. The number of carbonyl (C=O) groups excluding carboxylic acids is 3. The molecule has 0 bridgehead atoms. The molecule has 10 heteroatoms. The van der Waals surface area contributed by atoms with Gasteiger partial charge < -0.3 is 20.4 Å². The lowest BCUT2D eigenvalue weighted by Gasteiger charge is -2.35. The molecule has 2 aromatic rings. The van der Waals surface area contributed by atoms with Crippen molar-refractivity contribution in [2.24, 2.45) is 0 Å². The van der Waals surface area contributed by atoms with Crippen LogP contribution in [0, 0.1) is 10.1 Å². The number of amides is 3. The van der Waals surface area contributed by atoms with Crippen LogP contribution in [0.2, 0.25) is 0 Å². The van der Waals surface area contributed by atoms with Crippen LogP contribution < -0.4 is 15.5 Å². The van der Waals surface area contributed by atoms with E-state index in [1.165, 1.54) is 13.0 Å². The topological polar surface area (TPSA) is 125 Å². The van der Waals surface area contributed by atoms with Gasteiger partial charge in [0.2, 0.25) is 11.8 Å². The highest BCUT2D eigenvalue weighted by Crippen LogP contribution is 2.30. The van der Waals surface area contributed by atoms with Gasteiger partial charge in [0.1, 0.15) is 11.7 Å². The predicted molar refractivity (Wildman–Crippen MR) is 144 cm³/mol. The van der Waals surface area contributed by atoms with Crippen LogP contribution in [0.25, 0.3) is 0 Å². The molecule has 0 aromatic heterocycles. The summed E-state index contributed by atoms with van der Waals surface area (Å²) < 4.78 is 0. The number of nitro groups is 1. The van der Waals surface area contributed by atoms with Crippen molar-refractivity contribution in [3.05, 3.63) is 69.8 Å². The van der Waals surface area contributed by atoms with Crippen molar-refractivity contribution in [3.63, 3.8) is 0 Å². The van der Waals surface area contributed by atoms with Crippen LogP contribution in [0.1, 0.15) is 54.9 Å². The second kappa shape index (κ2) is 12.5. The second-order valence-electron chi connectivity index (χ2n) is 10.0. The average molecular weight is 522 g/mol. The summed E-state index contributed by atoms with van der Waals surface area (Å²) in [4.78, 5) is 53.1. The fourth-order valence-corrected chi connectivity index (χ4v) is 5.19. The summed E-state index contributed by atoms with van der Waals surface area (Å²) in [6.07, 6.45) is 5.46. The van der Waals surface area contributed by atoms with Crippen molar-refractivity contribution in [1.29, 1.82) is 0 Å². The van der Waals surface area contributed by atoms with Crippen LogP contribution in [0.5, 0.6) is 0 Å². The van der Waals surface area contributed by atoms with Crippen molar-refractivity contribution in [1.82, 2.24) is 15.5 Å². The molecule has 2 N–H and O–H groups in total. The normalized spacial score (nSPS) is 17.0. The fraction of sp³-hybridized carbons (Fsp3) is 0.464. The van der Waals surface area contributed by atoms with Gasteiger partial charge in [-0.1, -0.05) is 49.6 Å². The van der Waals surface area contributed by atoms with Crippen LogP contribution in [-0.4, -0.2) is 65.8 Å². The Bertz CT molecular complexity index is 1160. The first kappa shape index (κ1) is 27.1. The zero-order valence-electron chi connectivity index (χ0n) is 21.7. The monoisotopic (exact) mass is 521 g/mol. The van der Waals surface area contributed by atoms with Crippen LogP contribution in [0.15, 0.2) is 48.5 Å². The Morgan fingerprint density at radius 2 is 1.68 bits per heavy atom. The Morgan fingerprint density at radius 3 is 2.32 bits per heavy atom. The zero-order chi connectivity index (χ0) is 27.1. The zero-order valence-corrected chi connectivity index (χ0v) is 21.7. The first-order valence-electron chi connectivity index (χ1n) is 13.3. The molecule has 1 atom stereocenters. The third-order valence-corrected chi connectivity index (χ3v) is 7.36. The Kier molecular flexibility index (Phi) is 8.93. The maximum Gasteiger partial charge on any atom is 0.293 e. The van der Waals surface area contributed by atoms with Crippen molar-refractivity contribution in [2.75, 3.05) is 31.1 Å². The van der Waals surface area contributed by atoms with E-state index in [1.807, 2.05) is 35.2 Å². The van der Waals surface area contributed by atoms with Crippen molar-refractivity contribution < 1.29 is 19.3 Å². The molecule has 1 unspecified atom stereocenters. The van der Waals surface area contributed by atoms with E-state index in [-0.39, 0.29) is 29.1 Å². The van der Waals surface area contributed by atoms with Crippen LogP contribution in [-0.2, 0) is 16.0 Å². The molecule has 38 heavy (non-hydrogen) atoms. The number of nitrogens with zero attached hydrogens (tertiary/aromatic N) is 3. The average Bonchev–Trinajstić information content (AvgIpc) is 2.93. The van der Waals surface area contributed by atoms with E-state index in [0.717, 1.165) is 37.7 Å². The molecule has 1 aliphatic carbocycles. The SMILES string of the molecule is CC(=O)N1CCN(c2ccc(C(=O)NC(Cc3ccccc3)C(=O)NC3CCCCC3)cc2[N+](=O)[O-])CC1. The van der Waals surface area contributed by atoms with Gasteiger partial charge in [0.25, 0.3) is 11.6 Å². The third-order valence-electron chi connectivity index (χ3n) is 7.36. The van der Waals surface area contributed by atoms with Gasteiger partial charge in [-0.2, -0.15) is 0 Å². The molecule has 10 nitrogen and oxygen atoms in total. The molecular formula is C28H35N5O5. The number of nitro benzene ring substituents is 1. The number of hydrogen-bond donors (Lipinski definition) is 2. The minimum absolute atomic E-state index is 0.0243. The van der Waals surface area contributed by atoms with E-state index < -0.39 is 16.9 Å². The quantitative estimate of drug-likeness (QED) is 0.406. The summed E-state index contributed by atoms with van der Waals surface area (Å²) in [6, 6.07) is 13.1. The summed E-state index contributed by atoms with van der Waals surface area (Å²) in [5, 5.41) is 17.8. The molecular weight excluding hydrogens is 486 g/mol. The van der Waals surface area contributed by atoms with Gasteiger partial charge >= 0.3 is 0 Å². The number of nitrogens with one attached hydrogen (secondary N) is 2. The van der Waals surface area contributed by atoms with Crippen LogP contribution in [0.3, 0.4) is 0 Å². The highest BCUT2D eigenvalue weighted by molar-refractivity contribution is 5.98. The second-order valence-corrected chi connectivity index (χ2v) is 10.0. The molecule has 2 fully saturated rings. The maximum absolute atomic E-state index is 13.3. The van der Waals surface area contributed by atoms with Gasteiger partial charge in [0, 0.05) is 57.2 Å². The lowest BCUT2D eigenvalue weighted by molar-refractivity contribution is -0.384. The molecule has 3 amide bonds. The largest absolute Gasteiger partial charge is 0.362 e. The third kappa shape index (κ3) is 6.87. The smallest absolute Gasteiger partial charge is 0.293 e. The molecule has 0 spiro atoms. The number of piperazine rings is 1. The molecule has 1 saturated heterocycles. The minimum atomic E-state index is -0.815. The van der Waals surface area contributed by atoms with Gasteiger partial charge in [0.15, 0.2) is 0 Å². The summed E-state index contributed by atoms with van der Waals surface area (Å²) in [7, 11) is 0. The van der Waals surface area contributed by atoms with Crippen molar-refractivity contribution in [3.8, 4) is 0 Å². The van der Waals surface area contributed by atoms with Crippen molar-refractivity contribution in [2.45, 2.75) is 57.5 Å². The fourth-order valence-electron chi connectivity index (χ4n) is 5.19. The summed E-state index contributed by atoms with van der Waals surface area (Å²) in [5.74, 6) is -0.812. The Morgan fingerprint density at radius 1 is 1.00 bits per heavy atom. The number of carbonyl (C=O) groups is 3.